The molecule has 2 N–H and O–H groups in total. The van der Waals surface area contributed by atoms with Crippen LogP contribution in [0, 0.1) is 0 Å². The summed E-state index contributed by atoms with van der Waals surface area (Å²) in [6.45, 7) is 6.77. The molecule has 0 spiro atoms. The van der Waals surface area contributed by atoms with E-state index in [1.54, 1.807) is 0 Å². The lowest BCUT2D eigenvalue weighted by Crippen LogP contribution is -2.38. The van der Waals surface area contributed by atoms with Crippen molar-refractivity contribution in [2.45, 2.75) is 44.9 Å². The van der Waals surface area contributed by atoms with Crippen LogP contribution in [0.15, 0.2) is 29.3 Å². The number of guanidine groups is 1. The summed E-state index contributed by atoms with van der Waals surface area (Å²) in [6.07, 6.45) is 4.85. The van der Waals surface area contributed by atoms with Gasteiger partial charge in [0.25, 0.3) is 0 Å². The Morgan fingerprint density at radius 3 is 2.45 bits per heavy atom. The molecule has 0 saturated heterocycles. The van der Waals surface area contributed by atoms with Crippen LogP contribution in [0.1, 0.15) is 45.1 Å². The fourth-order valence-electron chi connectivity index (χ4n) is 3.29. The SMILES string of the molecule is CCN(CC)C(N)=NCC1(c2cccc(Cl)c2)CCCC1.I. The quantitative estimate of drug-likeness (QED) is 0.422. The van der Waals surface area contributed by atoms with Crippen molar-refractivity contribution in [3.05, 3.63) is 34.9 Å². The molecule has 1 fully saturated rings. The normalized spacial score (nSPS) is 17.1. The molecule has 0 aromatic heterocycles. The first-order valence-corrected chi connectivity index (χ1v) is 8.30. The van der Waals surface area contributed by atoms with Crippen LogP contribution in [0.3, 0.4) is 0 Å². The summed E-state index contributed by atoms with van der Waals surface area (Å²) in [5, 5.41) is 0.805. The van der Waals surface area contributed by atoms with Crippen molar-refractivity contribution in [3.8, 4) is 0 Å². The summed E-state index contributed by atoms with van der Waals surface area (Å²) < 4.78 is 0. The Labute approximate surface area is 156 Å². The highest BCUT2D eigenvalue weighted by Crippen LogP contribution is 2.42. The van der Waals surface area contributed by atoms with Gasteiger partial charge in [-0.05, 0) is 44.4 Å². The van der Waals surface area contributed by atoms with E-state index in [0.29, 0.717) is 5.96 Å². The third-order valence-electron chi connectivity index (χ3n) is 4.63. The number of hydrogen-bond acceptors (Lipinski definition) is 1. The molecule has 0 amide bonds. The Hall–Kier alpha value is -0.490. The Bertz CT molecular complexity index is 494. The second kappa shape index (κ2) is 8.96. The average molecular weight is 436 g/mol. The van der Waals surface area contributed by atoms with Crippen LogP contribution in [0.2, 0.25) is 5.02 Å². The second-order valence-corrected chi connectivity index (χ2v) is 6.28. The molecule has 1 aliphatic carbocycles. The van der Waals surface area contributed by atoms with Gasteiger partial charge >= 0.3 is 0 Å². The minimum Gasteiger partial charge on any atom is -0.370 e. The topological polar surface area (TPSA) is 41.6 Å². The second-order valence-electron chi connectivity index (χ2n) is 5.84. The zero-order valence-electron chi connectivity index (χ0n) is 13.5. The Morgan fingerprint density at radius 1 is 1.27 bits per heavy atom. The molecular formula is C17H27ClIN3. The highest BCUT2D eigenvalue weighted by molar-refractivity contribution is 14.0. The highest BCUT2D eigenvalue weighted by atomic mass is 127. The summed E-state index contributed by atoms with van der Waals surface area (Å²) in [7, 11) is 0. The van der Waals surface area contributed by atoms with Crippen LogP contribution in [0.5, 0.6) is 0 Å². The molecule has 124 valence electrons. The van der Waals surface area contributed by atoms with Gasteiger partial charge in [0.1, 0.15) is 0 Å². The molecule has 2 rings (SSSR count). The summed E-state index contributed by atoms with van der Waals surface area (Å²) >= 11 is 6.17. The van der Waals surface area contributed by atoms with Crippen LogP contribution in [-0.2, 0) is 5.41 Å². The molecule has 1 aliphatic rings. The van der Waals surface area contributed by atoms with Crippen molar-refractivity contribution in [1.29, 1.82) is 0 Å². The maximum absolute atomic E-state index is 6.17. The van der Waals surface area contributed by atoms with E-state index in [0.717, 1.165) is 24.7 Å². The van der Waals surface area contributed by atoms with Gasteiger partial charge in [-0.2, -0.15) is 0 Å². The monoisotopic (exact) mass is 435 g/mol. The summed E-state index contributed by atoms with van der Waals surface area (Å²) in [4.78, 5) is 6.80. The Balaban J connectivity index is 0.00000242. The van der Waals surface area contributed by atoms with Crippen molar-refractivity contribution in [3.63, 3.8) is 0 Å². The molecule has 0 heterocycles. The van der Waals surface area contributed by atoms with Crippen molar-refractivity contribution >= 4 is 41.5 Å². The molecule has 5 heteroatoms. The van der Waals surface area contributed by atoms with Gasteiger partial charge in [0, 0.05) is 23.5 Å². The van der Waals surface area contributed by atoms with Gasteiger partial charge in [0.05, 0.1) is 6.54 Å². The van der Waals surface area contributed by atoms with Crippen molar-refractivity contribution in [2.75, 3.05) is 19.6 Å². The van der Waals surface area contributed by atoms with Gasteiger partial charge in [0.2, 0.25) is 0 Å². The fraction of sp³-hybridized carbons (Fsp3) is 0.588. The molecule has 0 bridgehead atoms. The Morgan fingerprint density at radius 2 is 1.91 bits per heavy atom. The zero-order valence-corrected chi connectivity index (χ0v) is 16.6. The van der Waals surface area contributed by atoms with Crippen LogP contribution in [0.4, 0.5) is 0 Å². The average Bonchev–Trinajstić information content (AvgIpc) is 2.96. The number of halogens is 2. The van der Waals surface area contributed by atoms with Gasteiger partial charge in [-0.1, -0.05) is 36.6 Å². The first-order valence-electron chi connectivity index (χ1n) is 7.92. The molecule has 0 unspecified atom stereocenters. The predicted molar refractivity (Wildman–Crippen MR) is 106 cm³/mol. The van der Waals surface area contributed by atoms with Crippen LogP contribution in [-0.4, -0.2) is 30.5 Å². The van der Waals surface area contributed by atoms with E-state index in [4.69, 9.17) is 22.3 Å². The lowest BCUT2D eigenvalue weighted by Gasteiger charge is -2.29. The first kappa shape index (κ1) is 19.6. The molecular weight excluding hydrogens is 409 g/mol. The fourth-order valence-corrected chi connectivity index (χ4v) is 3.48. The van der Waals surface area contributed by atoms with Gasteiger partial charge in [-0.15, -0.1) is 24.0 Å². The van der Waals surface area contributed by atoms with Crippen LogP contribution >= 0.6 is 35.6 Å². The lowest BCUT2D eigenvalue weighted by atomic mass is 9.79. The first-order chi connectivity index (χ1) is 10.1. The maximum Gasteiger partial charge on any atom is 0.191 e. The van der Waals surface area contributed by atoms with E-state index in [-0.39, 0.29) is 29.4 Å². The number of aliphatic imine (C=N–C) groups is 1. The largest absolute Gasteiger partial charge is 0.370 e. The molecule has 1 saturated carbocycles. The molecule has 22 heavy (non-hydrogen) atoms. The number of nitrogens with zero attached hydrogens (tertiary/aromatic N) is 2. The third kappa shape index (κ3) is 4.51. The maximum atomic E-state index is 6.17. The van der Waals surface area contributed by atoms with E-state index in [1.165, 1.54) is 31.2 Å². The molecule has 1 aromatic rings. The van der Waals surface area contributed by atoms with Crippen molar-refractivity contribution in [2.24, 2.45) is 10.7 Å². The number of nitrogens with two attached hydrogens (primary N) is 1. The van der Waals surface area contributed by atoms with E-state index < -0.39 is 0 Å². The number of benzene rings is 1. The van der Waals surface area contributed by atoms with E-state index in [9.17, 15) is 0 Å². The lowest BCUT2D eigenvalue weighted by molar-refractivity contribution is 0.432. The van der Waals surface area contributed by atoms with Crippen LogP contribution in [0.25, 0.3) is 0 Å². The summed E-state index contributed by atoms with van der Waals surface area (Å²) in [5.74, 6) is 0.660. The van der Waals surface area contributed by atoms with Crippen molar-refractivity contribution < 1.29 is 0 Å². The highest BCUT2D eigenvalue weighted by Gasteiger charge is 2.35. The van der Waals surface area contributed by atoms with Gasteiger partial charge in [-0.25, -0.2) is 0 Å². The van der Waals surface area contributed by atoms with E-state index in [1.807, 2.05) is 12.1 Å². The Kier molecular flexibility index (Phi) is 7.97. The van der Waals surface area contributed by atoms with Crippen LogP contribution < -0.4 is 5.73 Å². The summed E-state index contributed by atoms with van der Waals surface area (Å²) in [5.41, 5.74) is 7.56. The van der Waals surface area contributed by atoms with Crippen molar-refractivity contribution in [1.82, 2.24) is 4.90 Å². The molecule has 1 aromatic carbocycles. The summed E-state index contributed by atoms with van der Waals surface area (Å²) in [6, 6.07) is 8.24. The standard InChI is InChI=1S/C17H26ClN3.HI/c1-3-21(4-2)16(19)20-13-17(10-5-6-11-17)14-8-7-9-15(18)12-14;/h7-9,12H,3-6,10-11,13H2,1-2H3,(H2,19,20);1H. The smallest absolute Gasteiger partial charge is 0.191 e. The van der Waals surface area contributed by atoms with Gasteiger partial charge in [0.15, 0.2) is 5.96 Å². The van der Waals surface area contributed by atoms with Gasteiger partial charge in [-0.3, -0.25) is 4.99 Å². The van der Waals surface area contributed by atoms with E-state index in [2.05, 4.69) is 30.9 Å². The minimum absolute atomic E-state index is 0. The third-order valence-corrected chi connectivity index (χ3v) is 4.86. The predicted octanol–water partition coefficient (Wildman–Crippen LogP) is 4.43. The molecule has 3 nitrogen and oxygen atoms in total. The molecule has 0 aliphatic heterocycles. The molecule has 0 atom stereocenters. The minimum atomic E-state index is 0. The zero-order chi connectivity index (χ0) is 15.3. The van der Waals surface area contributed by atoms with E-state index >= 15 is 0 Å². The molecule has 0 radical (unpaired) electrons. The van der Waals surface area contributed by atoms with Gasteiger partial charge < -0.3 is 10.6 Å². The number of hydrogen-bond donors (Lipinski definition) is 1. The number of rotatable bonds is 5.